The number of aryl methyl sites for hydroxylation is 2. The maximum atomic E-state index is 11.9. The van der Waals surface area contributed by atoms with Gasteiger partial charge in [-0.1, -0.05) is 109 Å². The maximum Gasteiger partial charge on any atom is 0.446 e. The molecule has 6 N–H and O–H groups in total. The summed E-state index contributed by atoms with van der Waals surface area (Å²) in [5, 5.41) is 19.6. The third-order valence-electron chi connectivity index (χ3n) is 9.36. The predicted molar refractivity (Wildman–Crippen MR) is 256 cm³/mol. The topological polar surface area (TPSA) is 295 Å². The smallest absolute Gasteiger partial charge is 0.446 e. The summed E-state index contributed by atoms with van der Waals surface area (Å²) in [4.78, 5) is 0. The highest BCUT2D eigenvalue weighted by atomic mass is 33.1. The van der Waals surface area contributed by atoms with E-state index >= 15 is 0 Å². The van der Waals surface area contributed by atoms with E-state index in [9.17, 15) is 53.0 Å². The average Bonchev–Trinajstić information content (AvgIpc) is 3.16. The first-order valence-corrected chi connectivity index (χ1v) is 28.8. The molecule has 0 heterocycles. The average molecular weight is 1050 g/mol. The van der Waals surface area contributed by atoms with Crippen molar-refractivity contribution < 1.29 is 78.8 Å². The number of phenols is 2. The van der Waals surface area contributed by atoms with Gasteiger partial charge in [-0.15, -0.1) is 0 Å². The van der Waals surface area contributed by atoms with Crippen LogP contribution in [0, 0.1) is 0 Å². The second kappa shape index (κ2) is 30.4. The Hall–Kier alpha value is -3.14. The van der Waals surface area contributed by atoms with Gasteiger partial charge in [0, 0.05) is 22.6 Å². The number of phenolic OH excluding ortho intramolecular Hbond substituents is 2. The molecular formula is C42H62O18S6. The van der Waals surface area contributed by atoms with Gasteiger partial charge in [0.1, 0.15) is 23.0 Å². The predicted octanol–water partition coefficient (Wildman–Crippen LogP) is 9.47. The number of aromatic hydroxyl groups is 2. The molecule has 0 spiro atoms. The fraction of sp³-hybridized carbons (Fsp3) is 0.524. The monoisotopic (exact) mass is 1050 g/mol. The lowest BCUT2D eigenvalue weighted by Crippen LogP contribution is -2.23. The molecule has 2 aromatic rings. The summed E-state index contributed by atoms with van der Waals surface area (Å²) in [6.45, 7) is 3.64. The minimum absolute atomic E-state index is 0.169. The highest BCUT2D eigenvalue weighted by Crippen LogP contribution is 2.41. The Morgan fingerprint density at radius 2 is 0.864 bits per heavy atom. The van der Waals surface area contributed by atoms with Gasteiger partial charge in [-0.05, 0) is 113 Å². The third-order valence-corrected chi connectivity index (χ3v) is 14.7. The van der Waals surface area contributed by atoms with Crippen LogP contribution in [0.5, 0.6) is 23.0 Å². The molecule has 2 rings (SSSR count). The van der Waals surface area contributed by atoms with E-state index in [4.69, 9.17) is 17.5 Å². The zero-order chi connectivity index (χ0) is 49.2. The van der Waals surface area contributed by atoms with Crippen LogP contribution in [-0.2, 0) is 62.8 Å². The molecule has 0 fully saturated rings. The Kier molecular flexibility index (Phi) is 27.1. The number of benzene rings is 2. The summed E-state index contributed by atoms with van der Waals surface area (Å²) in [6, 6.07) is 7.84. The van der Waals surface area contributed by atoms with Crippen molar-refractivity contribution in [2.75, 3.05) is 0 Å². The standard InChI is InChI=1S/C42H62O18S6/c1-3-5-7-15-21-37(57-63(45,46)47)31-41(23-17-11-9-13-19-33-25-35(43)29-39(27-33)59-65(51,52)53)61-62-42(32-38(58-64(48,49)50)22-16-8-6-4-2)24-18-12-10-14-20-34-26-36(44)30-40(28-34)60-66(54,55)56/h3-8,15-16,25-30,37-38,41-44H,9-14,17-24,31-32H2,1-2H3,(H,45,46,47)(H,48,49,50)(H,51,52,53)(H,54,55,56). The van der Waals surface area contributed by atoms with Crippen LogP contribution in [0.25, 0.3) is 0 Å². The molecular weight excluding hydrogens is 985 g/mol. The molecule has 374 valence electrons. The van der Waals surface area contributed by atoms with Crippen molar-refractivity contribution >= 4 is 63.2 Å². The van der Waals surface area contributed by atoms with Crippen LogP contribution in [0.2, 0.25) is 0 Å². The minimum atomic E-state index is -4.82. The molecule has 0 saturated heterocycles. The fourth-order valence-corrected chi connectivity index (χ4v) is 11.8. The molecule has 0 saturated carbocycles. The van der Waals surface area contributed by atoms with Crippen molar-refractivity contribution in [3.8, 4) is 23.0 Å². The van der Waals surface area contributed by atoms with Crippen LogP contribution in [0.15, 0.2) is 85.0 Å². The Morgan fingerprint density at radius 1 is 0.500 bits per heavy atom. The molecule has 0 amide bonds. The number of hydrogen-bond acceptors (Lipinski definition) is 16. The largest absolute Gasteiger partial charge is 0.508 e. The Morgan fingerprint density at radius 3 is 1.20 bits per heavy atom. The quantitative estimate of drug-likeness (QED) is 0.0162. The van der Waals surface area contributed by atoms with Gasteiger partial charge in [0.25, 0.3) is 0 Å². The Labute approximate surface area is 398 Å². The Balaban J connectivity index is 2.25. The highest BCUT2D eigenvalue weighted by Gasteiger charge is 2.26. The lowest BCUT2D eigenvalue weighted by Gasteiger charge is -2.25. The number of unbranched alkanes of at least 4 members (excludes halogenated alkanes) is 6. The molecule has 0 bridgehead atoms. The molecule has 0 aromatic heterocycles. The van der Waals surface area contributed by atoms with E-state index in [-0.39, 0.29) is 59.2 Å². The van der Waals surface area contributed by atoms with Crippen LogP contribution >= 0.6 is 21.6 Å². The van der Waals surface area contributed by atoms with E-state index in [1.807, 2.05) is 13.8 Å². The van der Waals surface area contributed by atoms with Gasteiger partial charge < -0.3 is 18.6 Å². The van der Waals surface area contributed by atoms with Crippen molar-refractivity contribution in [1.82, 2.24) is 0 Å². The third kappa shape index (κ3) is 31.0. The fourth-order valence-electron chi connectivity index (χ4n) is 6.71. The SMILES string of the molecule is CC=CC=CCC(CC(CCCCCCc1cc(O)cc(OS(=O)(=O)O)c1)SSC(CCCCCCc1cc(O)cc(OS(=O)(=O)O)c1)CC(CC=CC=CC)OS(=O)(=O)O)OS(=O)(=O)O. The van der Waals surface area contributed by atoms with E-state index in [0.29, 0.717) is 62.5 Å². The normalized spacial score (nSPS) is 14.9. The van der Waals surface area contributed by atoms with Gasteiger partial charge in [-0.2, -0.15) is 33.7 Å². The van der Waals surface area contributed by atoms with Gasteiger partial charge in [-0.3, -0.25) is 18.2 Å². The zero-order valence-corrected chi connectivity index (χ0v) is 41.6. The van der Waals surface area contributed by atoms with Gasteiger partial charge >= 0.3 is 41.6 Å². The van der Waals surface area contributed by atoms with Crippen molar-refractivity contribution in [3.05, 3.63) is 96.1 Å². The van der Waals surface area contributed by atoms with Gasteiger partial charge in [0.05, 0.1) is 12.2 Å². The highest BCUT2D eigenvalue weighted by molar-refractivity contribution is 8.77. The minimum Gasteiger partial charge on any atom is -0.508 e. The number of allylic oxidation sites excluding steroid dienone is 6. The molecule has 2 aromatic carbocycles. The van der Waals surface area contributed by atoms with Crippen LogP contribution in [0.4, 0.5) is 0 Å². The molecule has 0 aliphatic rings. The second-order valence-corrected chi connectivity index (χ2v) is 22.2. The molecule has 4 atom stereocenters. The summed E-state index contributed by atoms with van der Waals surface area (Å²) in [7, 11) is -16.2. The lowest BCUT2D eigenvalue weighted by atomic mass is 10.0. The first kappa shape index (κ1) is 59.0. The van der Waals surface area contributed by atoms with E-state index in [2.05, 4.69) is 8.37 Å². The van der Waals surface area contributed by atoms with Gasteiger partial charge in [0.2, 0.25) is 0 Å². The lowest BCUT2D eigenvalue weighted by molar-refractivity contribution is 0.172. The van der Waals surface area contributed by atoms with Crippen LogP contribution < -0.4 is 8.37 Å². The van der Waals surface area contributed by atoms with Crippen molar-refractivity contribution in [2.45, 2.75) is 139 Å². The van der Waals surface area contributed by atoms with E-state index < -0.39 is 53.8 Å². The van der Waals surface area contributed by atoms with Crippen molar-refractivity contribution in [3.63, 3.8) is 0 Å². The molecule has 18 nitrogen and oxygen atoms in total. The van der Waals surface area contributed by atoms with Crippen LogP contribution in [0.1, 0.15) is 115 Å². The van der Waals surface area contributed by atoms with E-state index in [1.54, 1.807) is 48.6 Å². The number of rotatable bonds is 35. The summed E-state index contributed by atoms with van der Waals surface area (Å²) < 4.78 is 149. The first-order valence-electron chi connectivity index (χ1n) is 21.1. The van der Waals surface area contributed by atoms with Gasteiger partial charge in [0.15, 0.2) is 0 Å². The van der Waals surface area contributed by atoms with Gasteiger partial charge in [-0.25, -0.2) is 8.37 Å². The number of hydrogen-bond donors (Lipinski definition) is 6. The second-order valence-electron chi connectivity index (χ2n) is 15.2. The molecule has 4 unspecified atom stereocenters. The zero-order valence-electron chi connectivity index (χ0n) is 36.7. The van der Waals surface area contributed by atoms with Crippen LogP contribution in [0.3, 0.4) is 0 Å². The molecule has 0 aliphatic carbocycles. The van der Waals surface area contributed by atoms with E-state index in [0.717, 1.165) is 37.8 Å². The van der Waals surface area contributed by atoms with Crippen molar-refractivity contribution in [1.29, 1.82) is 0 Å². The first-order chi connectivity index (χ1) is 30.9. The van der Waals surface area contributed by atoms with Crippen molar-refractivity contribution in [2.24, 2.45) is 0 Å². The molecule has 66 heavy (non-hydrogen) atoms. The van der Waals surface area contributed by atoms with E-state index in [1.165, 1.54) is 45.9 Å². The Bertz CT molecular complexity index is 2170. The summed E-state index contributed by atoms with van der Waals surface area (Å²) in [6.07, 6.45) is 20.7. The summed E-state index contributed by atoms with van der Waals surface area (Å²) in [5.74, 6) is -0.933. The maximum absolute atomic E-state index is 11.9. The molecule has 24 heteroatoms. The summed E-state index contributed by atoms with van der Waals surface area (Å²) in [5.41, 5.74) is 1.18. The molecule has 0 aliphatic heterocycles. The van der Waals surface area contributed by atoms with Crippen LogP contribution in [-0.4, -0.2) is 84.8 Å². The molecule has 0 radical (unpaired) electrons. The summed E-state index contributed by atoms with van der Waals surface area (Å²) >= 11 is 0.